The van der Waals surface area contributed by atoms with Gasteiger partial charge in [-0.2, -0.15) is 0 Å². The van der Waals surface area contributed by atoms with E-state index >= 15 is 0 Å². The number of carbonyl (C=O) groups excluding carboxylic acids is 2. The van der Waals surface area contributed by atoms with Gasteiger partial charge in [-0.1, -0.05) is 18.9 Å². The summed E-state index contributed by atoms with van der Waals surface area (Å²) >= 11 is 1.43. The fraction of sp³-hybridized carbons (Fsp3) is 0.560. The Morgan fingerprint density at radius 1 is 1.17 bits per heavy atom. The van der Waals surface area contributed by atoms with Crippen molar-refractivity contribution in [1.29, 1.82) is 0 Å². The summed E-state index contributed by atoms with van der Waals surface area (Å²) in [5.74, 6) is -0.301. The lowest BCUT2D eigenvalue weighted by Gasteiger charge is -2.33. The Labute approximate surface area is 211 Å². The Bertz CT molecular complexity index is 966. The van der Waals surface area contributed by atoms with Crippen molar-refractivity contribution in [2.45, 2.75) is 44.7 Å². The van der Waals surface area contributed by atoms with E-state index in [1.165, 1.54) is 24.2 Å². The Hall–Kier alpha value is -2.69. The molecule has 4 rings (SSSR count). The van der Waals surface area contributed by atoms with E-state index in [0.29, 0.717) is 30.2 Å². The first-order chi connectivity index (χ1) is 17.0. The molecular formula is C25H37N7O2S. The number of nitrogens with one attached hydrogen (secondary N) is 2. The molecule has 0 bridgehead atoms. The molecule has 1 aliphatic heterocycles. The third-order valence-corrected chi connectivity index (χ3v) is 7.60. The molecule has 0 atom stereocenters. The zero-order valence-electron chi connectivity index (χ0n) is 20.5. The Morgan fingerprint density at radius 3 is 2.60 bits per heavy atom. The number of aromatic nitrogens is 1. The monoisotopic (exact) mass is 499 g/mol. The van der Waals surface area contributed by atoms with Crippen molar-refractivity contribution in [1.82, 2.24) is 25.0 Å². The number of rotatable bonds is 9. The van der Waals surface area contributed by atoms with Crippen LogP contribution in [0.25, 0.3) is 0 Å². The van der Waals surface area contributed by atoms with Crippen LogP contribution in [0.4, 0.5) is 16.2 Å². The van der Waals surface area contributed by atoms with Crippen LogP contribution in [0.15, 0.2) is 29.1 Å². The summed E-state index contributed by atoms with van der Waals surface area (Å²) < 4.78 is 0. The van der Waals surface area contributed by atoms with Gasteiger partial charge in [-0.3, -0.25) is 9.78 Å². The number of hydrogen-bond acceptors (Lipinski definition) is 7. The fourth-order valence-corrected chi connectivity index (χ4v) is 5.29. The Kier molecular flexibility index (Phi) is 8.95. The summed E-state index contributed by atoms with van der Waals surface area (Å²) in [5.41, 5.74) is 8.21. The smallest absolute Gasteiger partial charge is 0.317 e. The van der Waals surface area contributed by atoms with E-state index in [9.17, 15) is 9.59 Å². The van der Waals surface area contributed by atoms with E-state index in [2.05, 4.69) is 32.5 Å². The largest absolute Gasteiger partial charge is 0.396 e. The second-order valence-electron chi connectivity index (χ2n) is 9.60. The summed E-state index contributed by atoms with van der Waals surface area (Å²) in [4.78, 5) is 36.7. The molecule has 1 saturated carbocycles. The first-order valence-corrected chi connectivity index (χ1v) is 13.5. The van der Waals surface area contributed by atoms with Crippen LogP contribution in [0, 0.1) is 0 Å². The second kappa shape index (κ2) is 12.3. The molecule has 10 heteroatoms. The summed E-state index contributed by atoms with van der Waals surface area (Å²) in [5, 5.41) is 9.59. The number of thiophene rings is 1. The summed E-state index contributed by atoms with van der Waals surface area (Å²) in [6.07, 6.45) is 7.08. The molecule has 2 aliphatic rings. The van der Waals surface area contributed by atoms with Gasteiger partial charge in [0.15, 0.2) is 0 Å². The molecule has 2 fully saturated rings. The number of anilines is 2. The van der Waals surface area contributed by atoms with Crippen molar-refractivity contribution in [2.75, 3.05) is 57.4 Å². The standard InChI is InChI=1S/C25H37N7O2S/c1-30-11-13-31(14-12-30)9-4-10-32(25(34)28-20-5-2-3-6-20)16-19-7-8-22(27-15-19)24(33)29-23-18-35-17-21(23)26/h7-8,15,17-18,20H,2-6,9-14,16,26H2,1H3,(H,28,34)(H,29,33). The van der Waals surface area contributed by atoms with Crippen molar-refractivity contribution in [3.63, 3.8) is 0 Å². The number of urea groups is 1. The van der Waals surface area contributed by atoms with E-state index in [1.807, 2.05) is 11.0 Å². The van der Waals surface area contributed by atoms with Gasteiger partial charge < -0.3 is 31.1 Å². The van der Waals surface area contributed by atoms with E-state index in [4.69, 9.17) is 5.73 Å². The predicted molar refractivity (Wildman–Crippen MR) is 141 cm³/mol. The molecule has 0 radical (unpaired) electrons. The molecule has 2 aromatic heterocycles. The molecule has 0 aromatic carbocycles. The first kappa shape index (κ1) is 25.4. The molecule has 0 unspecified atom stereocenters. The van der Waals surface area contributed by atoms with Crippen LogP contribution >= 0.6 is 11.3 Å². The maximum atomic E-state index is 13.1. The number of nitrogen functional groups attached to an aromatic ring is 1. The number of nitrogens with zero attached hydrogens (tertiary/aromatic N) is 4. The van der Waals surface area contributed by atoms with Crippen LogP contribution < -0.4 is 16.4 Å². The van der Waals surface area contributed by atoms with Crippen molar-refractivity contribution in [3.8, 4) is 0 Å². The average molecular weight is 500 g/mol. The van der Waals surface area contributed by atoms with Gasteiger partial charge in [0.05, 0.1) is 11.4 Å². The molecular weight excluding hydrogens is 462 g/mol. The van der Waals surface area contributed by atoms with Gasteiger partial charge >= 0.3 is 6.03 Å². The van der Waals surface area contributed by atoms with Gasteiger partial charge in [-0.25, -0.2) is 4.79 Å². The van der Waals surface area contributed by atoms with Crippen LogP contribution in [0.2, 0.25) is 0 Å². The highest BCUT2D eigenvalue weighted by molar-refractivity contribution is 7.09. The Morgan fingerprint density at radius 2 is 1.94 bits per heavy atom. The normalized spacial score (nSPS) is 17.4. The fourth-order valence-electron chi connectivity index (χ4n) is 4.61. The lowest BCUT2D eigenvalue weighted by atomic mass is 10.2. The number of carbonyl (C=O) groups is 2. The minimum Gasteiger partial charge on any atom is -0.396 e. The number of piperazine rings is 1. The first-order valence-electron chi connectivity index (χ1n) is 12.5. The van der Waals surface area contributed by atoms with E-state index in [1.54, 1.807) is 23.0 Å². The van der Waals surface area contributed by atoms with E-state index in [0.717, 1.165) is 57.5 Å². The zero-order chi connectivity index (χ0) is 24.6. The van der Waals surface area contributed by atoms with E-state index in [-0.39, 0.29) is 18.0 Å². The van der Waals surface area contributed by atoms with Crippen LogP contribution in [0.5, 0.6) is 0 Å². The summed E-state index contributed by atoms with van der Waals surface area (Å²) in [6, 6.07) is 3.83. The van der Waals surface area contributed by atoms with Gasteiger partial charge in [-0.15, -0.1) is 11.3 Å². The maximum Gasteiger partial charge on any atom is 0.317 e. The van der Waals surface area contributed by atoms with Crippen molar-refractivity contribution >= 4 is 34.6 Å². The lowest BCUT2D eigenvalue weighted by Crippen LogP contribution is -2.46. The molecule has 2 aromatic rings. The third-order valence-electron chi connectivity index (χ3n) is 6.84. The average Bonchev–Trinajstić information content (AvgIpc) is 3.52. The highest BCUT2D eigenvalue weighted by Crippen LogP contribution is 2.23. The van der Waals surface area contributed by atoms with Crippen LogP contribution in [0.3, 0.4) is 0 Å². The van der Waals surface area contributed by atoms with Crippen LogP contribution in [-0.2, 0) is 6.54 Å². The Balaban J connectivity index is 1.34. The maximum absolute atomic E-state index is 13.1. The number of amides is 3. The molecule has 0 spiro atoms. The highest BCUT2D eigenvalue weighted by Gasteiger charge is 2.22. The van der Waals surface area contributed by atoms with Gasteiger partial charge in [0.2, 0.25) is 0 Å². The molecule has 1 saturated heterocycles. The topological polar surface area (TPSA) is 107 Å². The molecule has 3 heterocycles. The third kappa shape index (κ3) is 7.39. The molecule has 4 N–H and O–H groups in total. The number of nitrogens with two attached hydrogens (primary N) is 1. The SMILES string of the molecule is CN1CCN(CCCN(Cc2ccc(C(=O)Nc3cscc3N)nc2)C(=O)NC2CCCC2)CC1. The van der Waals surface area contributed by atoms with E-state index < -0.39 is 0 Å². The summed E-state index contributed by atoms with van der Waals surface area (Å²) in [7, 11) is 2.16. The predicted octanol–water partition coefficient (Wildman–Crippen LogP) is 3.07. The minimum absolute atomic E-state index is 0.00923. The van der Waals surface area contributed by atoms with Crippen LogP contribution in [0.1, 0.15) is 48.2 Å². The minimum atomic E-state index is -0.301. The van der Waals surface area contributed by atoms with Gasteiger partial charge in [-0.05, 0) is 44.5 Å². The quantitative estimate of drug-likeness (QED) is 0.490. The molecule has 35 heavy (non-hydrogen) atoms. The highest BCUT2D eigenvalue weighted by atomic mass is 32.1. The van der Waals surface area contributed by atoms with Gasteiger partial charge in [0.1, 0.15) is 5.69 Å². The van der Waals surface area contributed by atoms with Gasteiger partial charge in [0.25, 0.3) is 5.91 Å². The van der Waals surface area contributed by atoms with Gasteiger partial charge in [0, 0.05) is 62.3 Å². The van der Waals surface area contributed by atoms with Crippen molar-refractivity contribution in [2.24, 2.45) is 0 Å². The molecule has 3 amide bonds. The van der Waals surface area contributed by atoms with Crippen molar-refractivity contribution < 1.29 is 9.59 Å². The number of hydrogen-bond donors (Lipinski definition) is 3. The molecule has 9 nitrogen and oxygen atoms in total. The number of likely N-dealkylation sites (N-methyl/N-ethyl adjacent to an activating group) is 1. The second-order valence-corrected chi connectivity index (χ2v) is 10.3. The molecule has 190 valence electrons. The lowest BCUT2D eigenvalue weighted by molar-refractivity contribution is 0.102. The van der Waals surface area contributed by atoms with Crippen molar-refractivity contribution in [3.05, 3.63) is 40.3 Å². The molecule has 1 aliphatic carbocycles. The zero-order valence-corrected chi connectivity index (χ0v) is 21.4. The number of pyridine rings is 1. The van der Waals surface area contributed by atoms with Crippen LogP contribution in [-0.4, -0.2) is 84.0 Å². The summed E-state index contributed by atoms with van der Waals surface area (Å²) in [6.45, 7) is 6.49.